The van der Waals surface area contributed by atoms with Crippen molar-refractivity contribution in [3.63, 3.8) is 0 Å². The molecule has 0 bridgehead atoms. The van der Waals surface area contributed by atoms with E-state index in [1.165, 1.54) is 7.11 Å². The Morgan fingerprint density at radius 1 is 1.07 bits per heavy atom. The van der Waals surface area contributed by atoms with Gasteiger partial charge >= 0.3 is 0 Å². The Kier molecular flexibility index (Phi) is 7.90. The molecule has 0 atom stereocenters. The second kappa shape index (κ2) is 10.1. The molecule has 0 aliphatic carbocycles. The molecule has 0 saturated heterocycles. The molecule has 2 aromatic carbocycles. The number of hydrogen-bond donors (Lipinski definition) is 2. The molecule has 0 aliphatic rings. The van der Waals surface area contributed by atoms with Crippen LogP contribution in [0.2, 0.25) is 0 Å². The van der Waals surface area contributed by atoms with Gasteiger partial charge in [-0.15, -0.1) is 0 Å². The lowest BCUT2D eigenvalue weighted by Crippen LogP contribution is -2.24. The van der Waals surface area contributed by atoms with E-state index in [4.69, 9.17) is 9.47 Å². The van der Waals surface area contributed by atoms with Crippen LogP contribution in [0, 0.1) is 3.57 Å². The fourth-order valence-electron chi connectivity index (χ4n) is 2.52. The smallest absolute Gasteiger partial charge is 0.252 e. The number of hydrogen-bond acceptors (Lipinski definition) is 4. The highest BCUT2D eigenvalue weighted by molar-refractivity contribution is 14.1. The number of carbonyl (C=O) groups excluding carboxylic acids is 2. The molecule has 0 unspecified atom stereocenters. The van der Waals surface area contributed by atoms with Crippen LogP contribution in [0.5, 0.6) is 11.5 Å². The predicted octanol–water partition coefficient (Wildman–Crippen LogP) is 3.98. The van der Waals surface area contributed by atoms with E-state index in [-0.39, 0.29) is 11.8 Å². The first-order valence-corrected chi connectivity index (χ1v) is 9.64. The predicted molar refractivity (Wildman–Crippen MR) is 113 cm³/mol. The Balaban J connectivity index is 2.06. The van der Waals surface area contributed by atoms with Crippen molar-refractivity contribution in [3.05, 3.63) is 51.1 Å². The normalized spacial score (nSPS) is 10.2. The van der Waals surface area contributed by atoms with Crippen LogP contribution in [0.1, 0.15) is 35.7 Å². The first kappa shape index (κ1) is 21.0. The highest BCUT2D eigenvalue weighted by atomic mass is 127. The van der Waals surface area contributed by atoms with Crippen molar-refractivity contribution in [2.45, 2.75) is 26.3 Å². The topological polar surface area (TPSA) is 76.7 Å². The van der Waals surface area contributed by atoms with Crippen molar-refractivity contribution in [3.8, 4) is 11.5 Å². The monoisotopic (exact) mass is 482 g/mol. The average molecular weight is 482 g/mol. The zero-order valence-electron chi connectivity index (χ0n) is 15.6. The van der Waals surface area contributed by atoms with Crippen molar-refractivity contribution in [2.75, 3.05) is 19.5 Å². The molecule has 0 aliphatic heterocycles. The zero-order valence-corrected chi connectivity index (χ0v) is 17.8. The van der Waals surface area contributed by atoms with Crippen LogP contribution in [0.25, 0.3) is 0 Å². The maximum absolute atomic E-state index is 12.6. The lowest BCUT2D eigenvalue weighted by atomic mass is 10.1. The molecule has 144 valence electrons. The number of anilines is 1. The number of nitrogens with one attached hydrogen (secondary N) is 2. The second-order valence-electron chi connectivity index (χ2n) is 5.87. The number of carbonyl (C=O) groups is 2. The van der Waals surface area contributed by atoms with E-state index in [0.29, 0.717) is 30.0 Å². The van der Waals surface area contributed by atoms with E-state index in [1.54, 1.807) is 19.2 Å². The summed E-state index contributed by atoms with van der Waals surface area (Å²) in [7, 11) is 3.09. The van der Waals surface area contributed by atoms with E-state index in [2.05, 4.69) is 33.2 Å². The van der Waals surface area contributed by atoms with Gasteiger partial charge in [-0.05, 0) is 58.8 Å². The van der Waals surface area contributed by atoms with E-state index >= 15 is 0 Å². The van der Waals surface area contributed by atoms with Crippen LogP contribution in [0.15, 0.2) is 36.4 Å². The van der Waals surface area contributed by atoms with Crippen LogP contribution in [0.4, 0.5) is 5.69 Å². The van der Waals surface area contributed by atoms with Gasteiger partial charge in [0.05, 0.1) is 19.8 Å². The molecule has 2 aromatic rings. The van der Waals surface area contributed by atoms with Gasteiger partial charge in [-0.1, -0.05) is 19.1 Å². The standard InChI is InChI=1S/C20H23IN2O4/c1-4-6-19(24)23-14-8-5-7-13(9-14)12-22-20(25)15-10-17(26-2)18(27-3)11-16(15)21/h5,7-11H,4,6,12H2,1-3H3,(H,22,25)(H,23,24). The molecule has 0 fully saturated rings. The molecule has 7 heteroatoms. The third-order valence-electron chi connectivity index (χ3n) is 3.86. The lowest BCUT2D eigenvalue weighted by Gasteiger charge is -2.12. The minimum Gasteiger partial charge on any atom is -0.493 e. The summed E-state index contributed by atoms with van der Waals surface area (Å²) in [5, 5.41) is 5.75. The Hall–Kier alpha value is -2.29. The number of methoxy groups -OCH3 is 2. The fraction of sp³-hybridized carbons (Fsp3) is 0.300. The van der Waals surface area contributed by atoms with E-state index in [9.17, 15) is 9.59 Å². The quantitative estimate of drug-likeness (QED) is 0.559. The van der Waals surface area contributed by atoms with Gasteiger partial charge in [0, 0.05) is 22.2 Å². The highest BCUT2D eigenvalue weighted by Gasteiger charge is 2.15. The molecule has 2 amide bonds. The summed E-state index contributed by atoms with van der Waals surface area (Å²) in [6.07, 6.45) is 1.28. The van der Waals surface area contributed by atoms with Crippen LogP contribution in [-0.2, 0) is 11.3 Å². The molecule has 0 radical (unpaired) electrons. The minimum absolute atomic E-state index is 0.0152. The number of benzene rings is 2. The van der Waals surface area contributed by atoms with Crippen molar-refractivity contribution in [1.29, 1.82) is 0 Å². The van der Waals surface area contributed by atoms with E-state index in [1.807, 2.05) is 31.2 Å². The maximum Gasteiger partial charge on any atom is 0.252 e. The Morgan fingerprint density at radius 3 is 2.44 bits per heavy atom. The molecule has 2 rings (SSSR count). The van der Waals surface area contributed by atoms with Crippen LogP contribution in [0.3, 0.4) is 0 Å². The maximum atomic E-state index is 12.6. The Morgan fingerprint density at radius 2 is 1.78 bits per heavy atom. The van der Waals surface area contributed by atoms with Gasteiger partial charge in [-0.2, -0.15) is 0 Å². The molecule has 0 saturated carbocycles. The summed E-state index contributed by atoms with van der Waals surface area (Å²) >= 11 is 2.09. The van der Waals surface area contributed by atoms with Crippen molar-refractivity contribution in [1.82, 2.24) is 5.32 Å². The number of rotatable bonds is 8. The SMILES string of the molecule is CCCC(=O)Nc1cccc(CNC(=O)c2cc(OC)c(OC)cc2I)c1. The third-order valence-corrected chi connectivity index (χ3v) is 4.75. The largest absolute Gasteiger partial charge is 0.493 e. The summed E-state index contributed by atoms with van der Waals surface area (Å²) in [4.78, 5) is 24.3. The summed E-state index contributed by atoms with van der Waals surface area (Å²) < 4.78 is 11.3. The average Bonchev–Trinajstić information content (AvgIpc) is 2.66. The molecule has 0 heterocycles. The summed E-state index contributed by atoms with van der Waals surface area (Å²) in [5.41, 5.74) is 2.13. The lowest BCUT2D eigenvalue weighted by molar-refractivity contribution is -0.116. The van der Waals surface area contributed by atoms with Gasteiger partial charge in [0.15, 0.2) is 11.5 Å². The van der Waals surface area contributed by atoms with E-state index < -0.39 is 0 Å². The minimum atomic E-state index is -0.208. The molecular formula is C20H23IN2O4. The molecular weight excluding hydrogens is 459 g/mol. The molecule has 2 N–H and O–H groups in total. The van der Waals surface area contributed by atoms with Gasteiger partial charge in [-0.3, -0.25) is 9.59 Å². The van der Waals surface area contributed by atoms with Crippen LogP contribution < -0.4 is 20.1 Å². The highest BCUT2D eigenvalue weighted by Crippen LogP contribution is 2.31. The molecule has 27 heavy (non-hydrogen) atoms. The van der Waals surface area contributed by atoms with Crippen molar-refractivity contribution < 1.29 is 19.1 Å². The summed E-state index contributed by atoms with van der Waals surface area (Å²) in [6.45, 7) is 2.31. The van der Waals surface area contributed by atoms with Crippen LogP contribution >= 0.6 is 22.6 Å². The number of ether oxygens (including phenoxy) is 2. The van der Waals surface area contributed by atoms with Gasteiger partial charge in [0.2, 0.25) is 5.91 Å². The third kappa shape index (κ3) is 5.85. The number of amides is 2. The molecule has 0 aromatic heterocycles. The summed E-state index contributed by atoms with van der Waals surface area (Å²) in [5.74, 6) is 0.858. The zero-order chi connectivity index (χ0) is 19.8. The van der Waals surface area contributed by atoms with Crippen LogP contribution in [-0.4, -0.2) is 26.0 Å². The van der Waals surface area contributed by atoms with Gasteiger partial charge in [0.25, 0.3) is 5.91 Å². The molecule has 0 spiro atoms. The second-order valence-corrected chi connectivity index (χ2v) is 7.03. The van der Waals surface area contributed by atoms with Crippen molar-refractivity contribution in [2.24, 2.45) is 0 Å². The van der Waals surface area contributed by atoms with Gasteiger partial charge < -0.3 is 20.1 Å². The first-order valence-electron chi connectivity index (χ1n) is 8.57. The van der Waals surface area contributed by atoms with Gasteiger partial charge in [-0.25, -0.2) is 0 Å². The fourth-order valence-corrected chi connectivity index (χ4v) is 3.20. The Bertz CT molecular complexity index is 824. The van der Waals surface area contributed by atoms with Gasteiger partial charge in [0.1, 0.15) is 0 Å². The Labute approximate surface area is 172 Å². The van der Waals surface area contributed by atoms with Crippen molar-refractivity contribution >= 4 is 40.1 Å². The summed E-state index contributed by atoms with van der Waals surface area (Å²) in [6, 6.07) is 10.9. The van der Waals surface area contributed by atoms with E-state index in [0.717, 1.165) is 21.2 Å². The molecule has 6 nitrogen and oxygen atoms in total. The number of halogens is 1. The first-order chi connectivity index (χ1) is 13.0.